The van der Waals surface area contributed by atoms with Crippen molar-refractivity contribution >= 4 is 0 Å². The fraction of sp³-hybridized carbons (Fsp3) is 0.625. The molecule has 2 rings (SSSR count). The second kappa shape index (κ2) is 7.62. The minimum atomic E-state index is 0.300. The zero-order valence-electron chi connectivity index (χ0n) is 12.8. The molecule has 0 aliphatic carbocycles. The summed E-state index contributed by atoms with van der Waals surface area (Å²) in [6.45, 7) is 9.65. The van der Waals surface area contributed by atoms with Crippen LogP contribution in [-0.2, 0) is 4.74 Å². The predicted octanol–water partition coefficient (Wildman–Crippen LogP) is 1.99. The van der Waals surface area contributed by atoms with Crippen molar-refractivity contribution in [1.29, 1.82) is 0 Å². The summed E-state index contributed by atoms with van der Waals surface area (Å²) in [6, 6.07) is 6.72. The van der Waals surface area contributed by atoms with E-state index in [0.29, 0.717) is 6.04 Å². The summed E-state index contributed by atoms with van der Waals surface area (Å²) in [7, 11) is 1.97. The van der Waals surface area contributed by atoms with Crippen molar-refractivity contribution in [3.05, 3.63) is 29.3 Å². The Morgan fingerprint density at radius 1 is 1.35 bits per heavy atom. The first-order valence-electron chi connectivity index (χ1n) is 7.41. The van der Waals surface area contributed by atoms with E-state index in [2.05, 4.69) is 42.3 Å². The smallest absolute Gasteiger partial charge is 0.124 e. The van der Waals surface area contributed by atoms with Crippen LogP contribution >= 0.6 is 0 Å². The number of hydrogen-bond donors (Lipinski definition) is 1. The van der Waals surface area contributed by atoms with Crippen LogP contribution in [0.1, 0.15) is 24.1 Å². The molecule has 1 aliphatic heterocycles. The van der Waals surface area contributed by atoms with E-state index < -0.39 is 0 Å². The summed E-state index contributed by atoms with van der Waals surface area (Å²) < 4.78 is 11.4. The van der Waals surface area contributed by atoms with Crippen LogP contribution in [0.15, 0.2) is 18.2 Å². The molecule has 20 heavy (non-hydrogen) atoms. The number of benzene rings is 1. The monoisotopic (exact) mass is 278 g/mol. The van der Waals surface area contributed by atoms with E-state index in [1.54, 1.807) is 0 Å². The average molecular weight is 278 g/mol. The van der Waals surface area contributed by atoms with Crippen molar-refractivity contribution in [2.24, 2.45) is 0 Å². The lowest BCUT2D eigenvalue weighted by Crippen LogP contribution is -2.38. The first kappa shape index (κ1) is 15.3. The molecule has 1 unspecified atom stereocenters. The van der Waals surface area contributed by atoms with Crippen molar-refractivity contribution < 1.29 is 9.47 Å². The summed E-state index contributed by atoms with van der Waals surface area (Å²) in [5.41, 5.74) is 2.46. The molecule has 0 aromatic heterocycles. The molecule has 0 radical (unpaired) electrons. The second-order valence-corrected chi connectivity index (χ2v) is 5.35. The van der Waals surface area contributed by atoms with E-state index in [9.17, 15) is 0 Å². The van der Waals surface area contributed by atoms with Crippen LogP contribution in [0.5, 0.6) is 5.75 Å². The van der Waals surface area contributed by atoms with Gasteiger partial charge in [0.2, 0.25) is 0 Å². The zero-order valence-corrected chi connectivity index (χ0v) is 12.8. The molecule has 1 aromatic rings. The quantitative estimate of drug-likeness (QED) is 0.863. The Balaban J connectivity index is 1.92. The van der Waals surface area contributed by atoms with Crippen LogP contribution in [0.25, 0.3) is 0 Å². The van der Waals surface area contributed by atoms with Crippen molar-refractivity contribution in [1.82, 2.24) is 10.2 Å². The van der Waals surface area contributed by atoms with E-state index in [4.69, 9.17) is 9.47 Å². The van der Waals surface area contributed by atoms with Crippen molar-refractivity contribution in [3.8, 4) is 5.75 Å². The molecule has 4 heteroatoms. The normalized spacial score (nSPS) is 17.9. The lowest BCUT2D eigenvalue weighted by Gasteiger charge is -2.26. The van der Waals surface area contributed by atoms with Gasteiger partial charge in [-0.1, -0.05) is 12.1 Å². The Hall–Kier alpha value is -1.10. The van der Waals surface area contributed by atoms with Crippen LogP contribution in [0.4, 0.5) is 0 Å². The minimum Gasteiger partial charge on any atom is -0.492 e. The summed E-state index contributed by atoms with van der Waals surface area (Å²) >= 11 is 0. The van der Waals surface area contributed by atoms with Crippen LogP contribution in [0.3, 0.4) is 0 Å². The fourth-order valence-corrected chi connectivity index (χ4v) is 2.39. The van der Waals surface area contributed by atoms with Crippen molar-refractivity contribution in [3.63, 3.8) is 0 Å². The number of nitrogens with zero attached hydrogens (tertiary/aromatic N) is 1. The van der Waals surface area contributed by atoms with Gasteiger partial charge in [0, 0.05) is 31.2 Å². The van der Waals surface area contributed by atoms with Gasteiger partial charge in [0.25, 0.3) is 0 Å². The molecule has 1 heterocycles. The van der Waals surface area contributed by atoms with Crippen molar-refractivity contribution in [2.75, 3.05) is 46.5 Å². The SMILES string of the molecule is CNC(C)c1ccc(C)cc1OCCN1CCOCC1. The number of morpholine rings is 1. The van der Waals surface area contributed by atoms with E-state index in [1.807, 2.05) is 7.05 Å². The maximum absolute atomic E-state index is 6.02. The third kappa shape index (κ3) is 4.20. The maximum atomic E-state index is 6.02. The number of ether oxygens (including phenoxy) is 2. The number of nitrogens with one attached hydrogen (secondary N) is 1. The molecule has 0 saturated carbocycles. The van der Waals surface area contributed by atoms with E-state index in [0.717, 1.165) is 45.2 Å². The van der Waals surface area contributed by atoms with Gasteiger partial charge in [0.15, 0.2) is 0 Å². The van der Waals surface area contributed by atoms with Gasteiger partial charge in [-0.2, -0.15) is 0 Å². The predicted molar refractivity (Wildman–Crippen MR) is 81.4 cm³/mol. The first-order valence-corrected chi connectivity index (χ1v) is 7.41. The van der Waals surface area contributed by atoms with Gasteiger partial charge in [0.1, 0.15) is 12.4 Å². The fourth-order valence-electron chi connectivity index (χ4n) is 2.39. The Bertz CT molecular complexity index is 417. The molecule has 1 saturated heterocycles. The van der Waals surface area contributed by atoms with Gasteiger partial charge in [-0.05, 0) is 32.5 Å². The molecule has 1 fully saturated rings. The van der Waals surface area contributed by atoms with Gasteiger partial charge >= 0.3 is 0 Å². The average Bonchev–Trinajstić information content (AvgIpc) is 2.48. The van der Waals surface area contributed by atoms with Crippen LogP contribution in [-0.4, -0.2) is 51.4 Å². The third-order valence-corrected chi connectivity index (χ3v) is 3.84. The van der Waals surface area contributed by atoms with Crippen LogP contribution in [0, 0.1) is 6.92 Å². The Labute approximate surface area is 122 Å². The molecular formula is C16H26N2O2. The van der Waals surface area contributed by atoms with E-state index >= 15 is 0 Å². The zero-order chi connectivity index (χ0) is 14.4. The Morgan fingerprint density at radius 3 is 2.80 bits per heavy atom. The van der Waals surface area contributed by atoms with Gasteiger partial charge in [0.05, 0.1) is 13.2 Å². The summed E-state index contributed by atoms with van der Waals surface area (Å²) in [4.78, 5) is 2.39. The highest BCUT2D eigenvalue weighted by atomic mass is 16.5. The summed E-state index contributed by atoms with van der Waals surface area (Å²) in [5.74, 6) is 1.00. The summed E-state index contributed by atoms with van der Waals surface area (Å²) in [5, 5.41) is 3.27. The molecule has 112 valence electrons. The van der Waals surface area contributed by atoms with Crippen molar-refractivity contribution in [2.45, 2.75) is 19.9 Å². The lowest BCUT2D eigenvalue weighted by molar-refractivity contribution is 0.0322. The van der Waals surface area contributed by atoms with E-state index in [-0.39, 0.29) is 0 Å². The molecule has 1 aliphatic rings. The molecule has 1 N–H and O–H groups in total. The largest absolute Gasteiger partial charge is 0.492 e. The molecule has 1 aromatic carbocycles. The minimum absolute atomic E-state index is 0.300. The van der Waals surface area contributed by atoms with Crippen LogP contribution in [0.2, 0.25) is 0 Å². The molecular weight excluding hydrogens is 252 g/mol. The maximum Gasteiger partial charge on any atom is 0.124 e. The highest BCUT2D eigenvalue weighted by molar-refractivity contribution is 5.39. The summed E-state index contributed by atoms with van der Waals surface area (Å²) in [6.07, 6.45) is 0. The molecule has 0 amide bonds. The first-order chi connectivity index (χ1) is 9.70. The number of hydrogen-bond acceptors (Lipinski definition) is 4. The highest BCUT2D eigenvalue weighted by Gasteiger charge is 2.12. The van der Waals surface area contributed by atoms with Gasteiger partial charge < -0.3 is 14.8 Å². The van der Waals surface area contributed by atoms with Gasteiger partial charge in [-0.3, -0.25) is 4.90 Å². The lowest BCUT2D eigenvalue weighted by atomic mass is 10.1. The van der Waals surface area contributed by atoms with E-state index in [1.165, 1.54) is 11.1 Å². The second-order valence-electron chi connectivity index (χ2n) is 5.35. The van der Waals surface area contributed by atoms with Crippen LogP contribution < -0.4 is 10.1 Å². The topological polar surface area (TPSA) is 33.7 Å². The number of rotatable bonds is 6. The van der Waals surface area contributed by atoms with Gasteiger partial charge in [-0.25, -0.2) is 0 Å². The molecule has 0 spiro atoms. The third-order valence-electron chi connectivity index (χ3n) is 3.84. The highest BCUT2D eigenvalue weighted by Crippen LogP contribution is 2.26. The standard InChI is InChI=1S/C16H26N2O2/c1-13-4-5-15(14(2)17-3)16(12-13)20-11-8-18-6-9-19-10-7-18/h4-5,12,14,17H,6-11H2,1-3H3. The number of aryl methyl sites for hydroxylation is 1. The molecule has 0 bridgehead atoms. The van der Waals surface area contributed by atoms with Gasteiger partial charge in [-0.15, -0.1) is 0 Å². The molecule has 1 atom stereocenters. The molecule has 4 nitrogen and oxygen atoms in total. The Morgan fingerprint density at radius 2 is 2.10 bits per heavy atom. The Kier molecular flexibility index (Phi) is 5.83.